The Hall–Kier alpha value is -1.17. The molecule has 0 aliphatic rings. The molecule has 4 nitrogen and oxygen atoms in total. The fraction of sp³-hybridized carbons (Fsp3) is 0.562. The molecular formula is C16H24N2O2S. The SMILES string of the molecule is Cc1ncsc1CCOCc1cc(CNC(C)C)oc1C. The lowest BCUT2D eigenvalue weighted by Gasteiger charge is -2.04. The third-order valence-corrected chi connectivity index (χ3v) is 4.33. The van der Waals surface area contributed by atoms with Crippen LogP contribution in [0.15, 0.2) is 16.0 Å². The van der Waals surface area contributed by atoms with Crippen molar-refractivity contribution in [1.82, 2.24) is 10.3 Å². The monoisotopic (exact) mass is 308 g/mol. The first-order valence-corrected chi connectivity index (χ1v) is 8.22. The van der Waals surface area contributed by atoms with E-state index in [1.165, 1.54) is 4.88 Å². The normalized spacial score (nSPS) is 11.5. The fourth-order valence-electron chi connectivity index (χ4n) is 2.04. The summed E-state index contributed by atoms with van der Waals surface area (Å²) in [4.78, 5) is 5.55. The smallest absolute Gasteiger partial charge is 0.118 e. The fourth-order valence-corrected chi connectivity index (χ4v) is 2.80. The van der Waals surface area contributed by atoms with Crippen LogP contribution in [0, 0.1) is 13.8 Å². The molecule has 2 rings (SSSR count). The molecule has 2 heterocycles. The average molecular weight is 308 g/mol. The molecule has 0 aromatic carbocycles. The number of hydrogen-bond donors (Lipinski definition) is 1. The minimum absolute atomic E-state index is 0.456. The van der Waals surface area contributed by atoms with Crippen LogP contribution in [0.1, 0.15) is 41.5 Å². The Morgan fingerprint density at radius 1 is 1.38 bits per heavy atom. The number of hydrogen-bond acceptors (Lipinski definition) is 5. The van der Waals surface area contributed by atoms with Crippen molar-refractivity contribution in [3.63, 3.8) is 0 Å². The molecule has 116 valence electrons. The lowest BCUT2D eigenvalue weighted by Crippen LogP contribution is -2.21. The standard InChI is InChI=1S/C16H24N2O2S/c1-11(2)17-8-15-7-14(13(4)20-15)9-19-6-5-16-12(3)18-10-21-16/h7,10-11,17H,5-6,8-9H2,1-4H3. The summed E-state index contributed by atoms with van der Waals surface area (Å²) in [6, 6.07) is 2.54. The second-order valence-corrected chi connectivity index (χ2v) is 6.43. The minimum atomic E-state index is 0.456. The van der Waals surface area contributed by atoms with E-state index in [-0.39, 0.29) is 0 Å². The molecule has 0 spiro atoms. The molecule has 0 radical (unpaired) electrons. The van der Waals surface area contributed by atoms with E-state index < -0.39 is 0 Å². The molecule has 0 fully saturated rings. The second-order valence-electron chi connectivity index (χ2n) is 5.49. The van der Waals surface area contributed by atoms with Gasteiger partial charge < -0.3 is 14.5 Å². The van der Waals surface area contributed by atoms with Gasteiger partial charge in [-0.2, -0.15) is 0 Å². The Balaban J connectivity index is 1.76. The Morgan fingerprint density at radius 2 is 2.19 bits per heavy atom. The van der Waals surface area contributed by atoms with Crippen molar-refractivity contribution in [2.24, 2.45) is 0 Å². The third-order valence-electron chi connectivity index (χ3n) is 3.33. The van der Waals surface area contributed by atoms with E-state index >= 15 is 0 Å². The van der Waals surface area contributed by atoms with E-state index in [0.29, 0.717) is 19.3 Å². The molecule has 2 aromatic heterocycles. The summed E-state index contributed by atoms with van der Waals surface area (Å²) >= 11 is 1.69. The molecule has 0 saturated carbocycles. The van der Waals surface area contributed by atoms with Gasteiger partial charge >= 0.3 is 0 Å². The summed E-state index contributed by atoms with van der Waals surface area (Å²) in [5.74, 6) is 1.92. The summed E-state index contributed by atoms with van der Waals surface area (Å²) < 4.78 is 11.5. The van der Waals surface area contributed by atoms with E-state index in [0.717, 1.165) is 35.7 Å². The highest BCUT2D eigenvalue weighted by atomic mass is 32.1. The summed E-state index contributed by atoms with van der Waals surface area (Å²) in [5.41, 5.74) is 4.14. The number of ether oxygens (including phenoxy) is 1. The quantitative estimate of drug-likeness (QED) is 0.757. The van der Waals surface area contributed by atoms with E-state index in [4.69, 9.17) is 9.15 Å². The molecule has 0 unspecified atom stereocenters. The molecule has 1 N–H and O–H groups in total. The first kappa shape index (κ1) is 16.2. The van der Waals surface area contributed by atoms with Gasteiger partial charge in [-0.15, -0.1) is 11.3 Å². The molecule has 0 aliphatic heterocycles. The van der Waals surface area contributed by atoms with Crippen LogP contribution in [0.4, 0.5) is 0 Å². The van der Waals surface area contributed by atoms with Crippen molar-refractivity contribution in [1.29, 1.82) is 0 Å². The minimum Gasteiger partial charge on any atom is -0.465 e. The van der Waals surface area contributed by atoms with Crippen LogP contribution >= 0.6 is 11.3 Å². The van der Waals surface area contributed by atoms with Gasteiger partial charge in [0.25, 0.3) is 0 Å². The Kier molecular flexibility index (Phi) is 5.96. The number of rotatable bonds is 8. The lowest BCUT2D eigenvalue weighted by atomic mass is 10.2. The topological polar surface area (TPSA) is 47.3 Å². The Bertz CT molecular complexity index is 560. The summed E-state index contributed by atoms with van der Waals surface area (Å²) in [6.45, 7) is 10.4. The van der Waals surface area contributed by atoms with Gasteiger partial charge in [-0.3, -0.25) is 0 Å². The average Bonchev–Trinajstić information content (AvgIpc) is 2.99. The van der Waals surface area contributed by atoms with Crippen molar-refractivity contribution in [2.45, 2.75) is 53.3 Å². The Morgan fingerprint density at radius 3 is 2.86 bits per heavy atom. The zero-order chi connectivity index (χ0) is 15.2. The lowest BCUT2D eigenvalue weighted by molar-refractivity contribution is 0.123. The molecule has 0 aliphatic carbocycles. The summed E-state index contributed by atoms with van der Waals surface area (Å²) in [7, 11) is 0. The number of furan rings is 1. The van der Waals surface area contributed by atoms with Crippen molar-refractivity contribution < 1.29 is 9.15 Å². The Labute approximate surface area is 130 Å². The molecule has 0 saturated heterocycles. The maximum Gasteiger partial charge on any atom is 0.118 e. The van der Waals surface area contributed by atoms with Gasteiger partial charge in [-0.05, 0) is 19.9 Å². The van der Waals surface area contributed by atoms with Crippen LogP contribution < -0.4 is 5.32 Å². The van der Waals surface area contributed by atoms with Crippen LogP contribution in [0.5, 0.6) is 0 Å². The van der Waals surface area contributed by atoms with Crippen molar-refractivity contribution >= 4 is 11.3 Å². The van der Waals surface area contributed by atoms with Crippen LogP contribution in [0.3, 0.4) is 0 Å². The maximum atomic E-state index is 5.77. The molecule has 0 atom stereocenters. The number of nitrogens with one attached hydrogen (secondary N) is 1. The van der Waals surface area contributed by atoms with Gasteiger partial charge in [0.1, 0.15) is 11.5 Å². The van der Waals surface area contributed by atoms with E-state index in [2.05, 4.69) is 30.2 Å². The largest absolute Gasteiger partial charge is 0.465 e. The van der Waals surface area contributed by atoms with Gasteiger partial charge in [0.2, 0.25) is 0 Å². The predicted octanol–water partition coefficient (Wildman–Crippen LogP) is 3.61. The highest BCUT2D eigenvalue weighted by Crippen LogP contribution is 2.17. The molecule has 2 aromatic rings. The summed E-state index contributed by atoms with van der Waals surface area (Å²) in [6.07, 6.45) is 0.926. The van der Waals surface area contributed by atoms with E-state index in [9.17, 15) is 0 Å². The first-order chi connectivity index (χ1) is 10.1. The third kappa shape index (κ3) is 4.95. The maximum absolute atomic E-state index is 5.77. The number of thiazole rings is 1. The van der Waals surface area contributed by atoms with E-state index in [1.54, 1.807) is 11.3 Å². The van der Waals surface area contributed by atoms with E-state index in [1.807, 2.05) is 19.4 Å². The zero-order valence-electron chi connectivity index (χ0n) is 13.2. The second kappa shape index (κ2) is 7.73. The molecule has 0 bridgehead atoms. The van der Waals surface area contributed by atoms with Crippen molar-refractivity contribution in [3.8, 4) is 0 Å². The van der Waals surface area contributed by atoms with Crippen molar-refractivity contribution in [3.05, 3.63) is 39.2 Å². The van der Waals surface area contributed by atoms with Gasteiger partial charge in [0, 0.05) is 22.9 Å². The molecule has 0 amide bonds. The molecule has 5 heteroatoms. The number of nitrogens with zero attached hydrogens (tertiary/aromatic N) is 1. The van der Waals surface area contributed by atoms with Gasteiger partial charge in [0.05, 0.1) is 31.0 Å². The van der Waals surface area contributed by atoms with Gasteiger partial charge in [-0.1, -0.05) is 13.8 Å². The van der Waals surface area contributed by atoms with Crippen LogP contribution in [-0.2, 0) is 24.3 Å². The highest BCUT2D eigenvalue weighted by Gasteiger charge is 2.08. The van der Waals surface area contributed by atoms with Crippen LogP contribution in [0.25, 0.3) is 0 Å². The predicted molar refractivity (Wildman–Crippen MR) is 85.6 cm³/mol. The van der Waals surface area contributed by atoms with Crippen molar-refractivity contribution in [2.75, 3.05) is 6.61 Å². The van der Waals surface area contributed by atoms with Gasteiger partial charge in [0.15, 0.2) is 0 Å². The molecule has 21 heavy (non-hydrogen) atoms. The van der Waals surface area contributed by atoms with Crippen LogP contribution in [-0.4, -0.2) is 17.6 Å². The first-order valence-electron chi connectivity index (χ1n) is 7.34. The van der Waals surface area contributed by atoms with Crippen LogP contribution in [0.2, 0.25) is 0 Å². The molecular weight excluding hydrogens is 284 g/mol. The number of aromatic nitrogens is 1. The number of aryl methyl sites for hydroxylation is 2. The highest BCUT2D eigenvalue weighted by molar-refractivity contribution is 7.09. The van der Waals surface area contributed by atoms with Gasteiger partial charge in [-0.25, -0.2) is 4.98 Å². The summed E-state index contributed by atoms with van der Waals surface area (Å²) in [5, 5.41) is 3.35. The zero-order valence-corrected chi connectivity index (χ0v) is 14.0.